The molecule has 2 rings (SSSR count). The summed E-state index contributed by atoms with van der Waals surface area (Å²) >= 11 is 3.42. The van der Waals surface area contributed by atoms with Crippen molar-refractivity contribution in [3.8, 4) is 5.75 Å². The van der Waals surface area contributed by atoms with Crippen molar-refractivity contribution < 1.29 is 9.53 Å². The van der Waals surface area contributed by atoms with Crippen LogP contribution in [-0.4, -0.2) is 19.6 Å². The van der Waals surface area contributed by atoms with Crippen LogP contribution in [0.15, 0.2) is 16.6 Å². The molecular weight excluding hydrogens is 272 g/mol. The fraction of sp³-hybridized carbons (Fsp3) is 0.364. The quantitative estimate of drug-likeness (QED) is 0.893. The molecule has 5 heteroatoms. The molecule has 1 heterocycles. The second kappa shape index (κ2) is 4.43. The van der Waals surface area contributed by atoms with E-state index in [4.69, 9.17) is 4.74 Å². The molecule has 0 bridgehead atoms. The Labute approximate surface area is 102 Å². The van der Waals surface area contributed by atoms with Crippen molar-refractivity contribution in [2.24, 2.45) is 0 Å². The van der Waals surface area contributed by atoms with Gasteiger partial charge in [0.15, 0.2) is 0 Å². The standard InChI is InChI=1S/C11H13BrN2O2/c1-3-13-10-6-4-7(12)9(16-2)5-8(6)14-11(10)15/h4-5,10,13H,3H2,1-2H3,(H,14,15). The number of carbonyl (C=O) groups excluding carboxylic acids is 1. The number of carbonyl (C=O) groups is 1. The molecule has 16 heavy (non-hydrogen) atoms. The first-order valence-electron chi connectivity index (χ1n) is 5.09. The lowest BCUT2D eigenvalue weighted by atomic mass is 10.1. The monoisotopic (exact) mass is 284 g/mol. The first kappa shape index (κ1) is 11.4. The Bertz CT molecular complexity index is 434. The number of fused-ring (bicyclic) bond motifs is 1. The molecule has 1 amide bonds. The number of benzene rings is 1. The zero-order chi connectivity index (χ0) is 11.7. The maximum atomic E-state index is 11.7. The Morgan fingerprint density at radius 1 is 1.56 bits per heavy atom. The summed E-state index contributed by atoms with van der Waals surface area (Å²) in [6.45, 7) is 2.73. The fourth-order valence-electron chi connectivity index (χ4n) is 1.83. The highest BCUT2D eigenvalue weighted by Gasteiger charge is 2.30. The zero-order valence-corrected chi connectivity index (χ0v) is 10.7. The van der Waals surface area contributed by atoms with E-state index in [0.29, 0.717) is 0 Å². The van der Waals surface area contributed by atoms with Crippen molar-refractivity contribution in [2.45, 2.75) is 13.0 Å². The number of likely N-dealkylation sites (N-methyl/N-ethyl adjacent to an activating group) is 1. The number of anilines is 1. The molecule has 86 valence electrons. The number of halogens is 1. The average molecular weight is 285 g/mol. The smallest absolute Gasteiger partial charge is 0.246 e. The van der Waals surface area contributed by atoms with E-state index in [0.717, 1.165) is 28.0 Å². The lowest BCUT2D eigenvalue weighted by molar-refractivity contribution is -0.117. The largest absolute Gasteiger partial charge is 0.495 e. The first-order chi connectivity index (χ1) is 7.67. The molecule has 0 saturated heterocycles. The van der Waals surface area contributed by atoms with Crippen molar-refractivity contribution in [1.29, 1.82) is 0 Å². The molecule has 4 nitrogen and oxygen atoms in total. The van der Waals surface area contributed by atoms with Crippen LogP contribution in [0.3, 0.4) is 0 Å². The van der Waals surface area contributed by atoms with Gasteiger partial charge in [0.1, 0.15) is 11.8 Å². The van der Waals surface area contributed by atoms with Gasteiger partial charge >= 0.3 is 0 Å². The van der Waals surface area contributed by atoms with Crippen LogP contribution in [0.4, 0.5) is 5.69 Å². The lowest BCUT2D eigenvalue weighted by Gasteiger charge is -2.10. The summed E-state index contributed by atoms with van der Waals surface area (Å²) in [5, 5.41) is 5.97. The van der Waals surface area contributed by atoms with Crippen LogP contribution in [0.1, 0.15) is 18.5 Å². The Balaban J connectivity index is 2.43. The number of hydrogen-bond acceptors (Lipinski definition) is 3. The van der Waals surface area contributed by atoms with Crippen LogP contribution in [0, 0.1) is 0 Å². The SMILES string of the molecule is CCNC1C(=O)Nc2cc(OC)c(Br)cc21. The predicted octanol–water partition coefficient (Wildman–Crippen LogP) is 2.06. The van der Waals surface area contributed by atoms with Gasteiger partial charge in [-0.3, -0.25) is 4.79 Å². The van der Waals surface area contributed by atoms with Crippen molar-refractivity contribution in [3.05, 3.63) is 22.2 Å². The van der Waals surface area contributed by atoms with E-state index in [1.807, 2.05) is 19.1 Å². The van der Waals surface area contributed by atoms with E-state index in [9.17, 15) is 4.79 Å². The van der Waals surface area contributed by atoms with Gasteiger partial charge in [0.2, 0.25) is 5.91 Å². The number of hydrogen-bond donors (Lipinski definition) is 2. The Morgan fingerprint density at radius 2 is 2.31 bits per heavy atom. The summed E-state index contributed by atoms with van der Waals surface area (Å²) in [7, 11) is 1.60. The van der Waals surface area contributed by atoms with Gasteiger partial charge in [-0.15, -0.1) is 0 Å². The third-order valence-electron chi connectivity index (χ3n) is 2.56. The van der Waals surface area contributed by atoms with E-state index in [2.05, 4.69) is 26.6 Å². The molecule has 0 fully saturated rings. The number of methoxy groups -OCH3 is 1. The van der Waals surface area contributed by atoms with Gasteiger partial charge in [-0.25, -0.2) is 0 Å². The Morgan fingerprint density at radius 3 is 2.94 bits per heavy atom. The minimum absolute atomic E-state index is 0.0167. The lowest BCUT2D eigenvalue weighted by Crippen LogP contribution is -2.27. The van der Waals surface area contributed by atoms with E-state index in [-0.39, 0.29) is 11.9 Å². The fourth-order valence-corrected chi connectivity index (χ4v) is 2.35. The highest BCUT2D eigenvalue weighted by atomic mass is 79.9. The molecule has 0 spiro atoms. The maximum Gasteiger partial charge on any atom is 0.246 e. The zero-order valence-electron chi connectivity index (χ0n) is 9.13. The van der Waals surface area contributed by atoms with Crippen LogP contribution in [0.5, 0.6) is 5.75 Å². The number of nitrogens with one attached hydrogen (secondary N) is 2. The van der Waals surface area contributed by atoms with Gasteiger partial charge in [0, 0.05) is 17.3 Å². The summed E-state index contributed by atoms with van der Waals surface area (Å²) < 4.78 is 6.04. The number of rotatable bonds is 3. The van der Waals surface area contributed by atoms with Crippen LogP contribution in [0.2, 0.25) is 0 Å². The average Bonchev–Trinajstić information content (AvgIpc) is 2.55. The summed E-state index contributed by atoms with van der Waals surface area (Å²) in [5.74, 6) is 0.702. The molecule has 0 aliphatic carbocycles. The van der Waals surface area contributed by atoms with Gasteiger partial charge < -0.3 is 15.4 Å². The molecule has 0 saturated carbocycles. The highest BCUT2D eigenvalue weighted by molar-refractivity contribution is 9.10. The maximum absolute atomic E-state index is 11.7. The molecule has 0 radical (unpaired) electrons. The molecule has 1 unspecified atom stereocenters. The van der Waals surface area contributed by atoms with Gasteiger partial charge in [-0.1, -0.05) is 6.92 Å². The van der Waals surface area contributed by atoms with E-state index in [1.165, 1.54) is 0 Å². The first-order valence-corrected chi connectivity index (χ1v) is 5.88. The van der Waals surface area contributed by atoms with Crippen molar-refractivity contribution in [1.82, 2.24) is 5.32 Å². The molecule has 1 aliphatic rings. The Kier molecular flexibility index (Phi) is 3.16. The van der Waals surface area contributed by atoms with Gasteiger partial charge in [-0.05, 0) is 28.5 Å². The molecule has 1 aromatic rings. The third-order valence-corrected chi connectivity index (χ3v) is 3.18. The van der Waals surface area contributed by atoms with Crippen molar-refractivity contribution in [2.75, 3.05) is 19.0 Å². The van der Waals surface area contributed by atoms with Crippen LogP contribution < -0.4 is 15.4 Å². The second-order valence-corrected chi connectivity index (χ2v) is 4.41. The Hall–Kier alpha value is -1.07. The molecule has 1 atom stereocenters. The molecular formula is C11H13BrN2O2. The molecule has 1 aliphatic heterocycles. The highest BCUT2D eigenvalue weighted by Crippen LogP contribution is 2.38. The predicted molar refractivity (Wildman–Crippen MR) is 65.7 cm³/mol. The van der Waals surface area contributed by atoms with Crippen molar-refractivity contribution in [3.63, 3.8) is 0 Å². The second-order valence-electron chi connectivity index (χ2n) is 3.55. The third kappa shape index (κ3) is 1.81. The topological polar surface area (TPSA) is 50.4 Å². The van der Waals surface area contributed by atoms with E-state index < -0.39 is 0 Å². The summed E-state index contributed by atoms with van der Waals surface area (Å²) in [4.78, 5) is 11.7. The van der Waals surface area contributed by atoms with Crippen LogP contribution >= 0.6 is 15.9 Å². The van der Waals surface area contributed by atoms with Crippen molar-refractivity contribution >= 4 is 27.5 Å². The normalized spacial score (nSPS) is 18.2. The molecule has 2 N–H and O–H groups in total. The van der Waals surface area contributed by atoms with Gasteiger partial charge in [-0.2, -0.15) is 0 Å². The van der Waals surface area contributed by atoms with Gasteiger partial charge in [0.25, 0.3) is 0 Å². The summed E-state index contributed by atoms with van der Waals surface area (Å²) in [5.41, 5.74) is 1.77. The van der Waals surface area contributed by atoms with Crippen LogP contribution in [-0.2, 0) is 4.79 Å². The van der Waals surface area contributed by atoms with E-state index in [1.54, 1.807) is 7.11 Å². The summed E-state index contributed by atoms with van der Waals surface area (Å²) in [6.07, 6.45) is 0. The number of amides is 1. The summed E-state index contributed by atoms with van der Waals surface area (Å²) in [6, 6.07) is 3.48. The molecule has 1 aromatic carbocycles. The number of ether oxygens (including phenoxy) is 1. The molecule has 0 aromatic heterocycles. The minimum atomic E-state index is -0.262. The minimum Gasteiger partial charge on any atom is -0.495 e. The van der Waals surface area contributed by atoms with Gasteiger partial charge in [0.05, 0.1) is 11.6 Å². The van der Waals surface area contributed by atoms with E-state index >= 15 is 0 Å². The van der Waals surface area contributed by atoms with Crippen LogP contribution in [0.25, 0.3) is 0 Å².